The lowest BCUT2D eigenvalue weighted by molar-refractivity contribution is -0.0457. The Bertz CT molecular complexity index is 1270. The summed E-state index contributed by atoms with van der Waals surface area (Å²) in [6, 6.07) is 9.63. The molecule has 1 unspecified atom stereocenters. The number of benzene rings is 1. The first-order valence-corrected chi connectivity index (χ1v) is 13.8. The van der Waals surface area contributed by atoms with Crippen molar-refractivity contribution in [2.24, 2.45) is 5.11 Å². The molecule has 3 N–H and O–H groups in total. The topological polar surface area (TPSA) is 181 Å². The van der Waals surface area contributed by atoms with Crippen LogP contribution in [-0.2, 0) is 13.8 Å². The quantitative estimate of drug-likeness (QED) is 0.144. The fourth-order valence-corrected chi connectivity index (χ4v) is 6.34. The van der Waals surface area contributed by atoms with Gasteiger partial charge in [-0.25, -0.2) is 14.4 Å². The maximum absolute atomic E-state index is 13.9. The Morgan fingerprint density at radius 3 is 2.59 bits per heavy atom. The first-order valence-electron chi connectivity index (χ1n) is 12.2. The number of nitrogens with zero attached hydrogens (tertiary/aromatic N) is 4. The third kappa shape index (κ3) is 6.32. The van der Waals surface area contributed by atoms with Gasteiger partial charge in [0.2, 0.25) is 0 Å². The molecule has 13 nitrogen and oxygen atoms in total. The van der Waals surface area contributed by atoms with E-state index in [0.29, 0.717) is 5.75 Å². The van der Waals surface area contributed by atoms with Gasteiger partial charge in [0.25, 0.3) is 5.56 Å². The van der Waals surface area contributed by atoms with Crippen LogP contribution in [0.5, 0.6) is 5.75 Å². The van der Waals surface area contributed by atoms with Crippen molar-refractivity contribution in [3.8, 4) is 5.75 Å². The molecule has 2 fully saturated rings. The van der Waals surface area contributed by atoms with Gasteiger partial charge in [0.15, 0.2) is 6.23 Å². The van der Waals surface area contributed by atoms with E-state index in [2.05, 4.69) is 20.1 Å². The van der Waals surface area contributed by atoms with Crippen LogP contribution in [0.25, 0.3) is 10.4 Å². The molecular weight excluding hydrogens is 503 g/mol. The number of aromatic nitrogens is 2. The van der Waals surface area contributed by atoms with Gasteiger partial charge in [0.05, 0.1) is 12.7 Å². The second-order valence-electron chi connectivity index (χ2n) is 9.42. The highest BCUT2D eigenvalue weighted by molar-refractivity contribution is 7.52. The highest BCUT2D eigenvalue weighted by Gasteiger charge is 2.54. The van der Waals surface area contributed by atoms with Crippen LogP contribution >= 0.6 is 7.75 Å². The summed E-state index contributed by atoms with van der Waals surface area (Å²) in [6.45, 7) is 1.03. The number of rotatable bonds is 9. The molecule has 0 bridgehead atoms. The Morgan fingerprint density at radius 2 is 1.95 bits per heavy atom. The van der Waals surface area contributed by atoms with Gasteiger partial charge in [0, 0.05) is 23.2 Å². The lowest BCUT2D eigenvalue weighted by Crippen LogP contribution is -2.45. The van der Waals surface area contributed by atoms with Crippen molar-refractivity contribution in [1.29, 1.82) is 0 Å². The van der Waals surface area contributed by atoms with E-state index in [0.717, 1.165) is 49.2 Å². The zero-order valence-corrected chi connectivity index (χ0v) is 21.3. The van der Waals surface area contributed by atoms with Crippen molar-refractivity contribution in [2.45, 2.75) is 75.5 Å². The molecule has 2 aromatic rings. The summed E-state index contributed by atoms with van der Waals surface area (Å²) in [6.07, 6.45) is 3.19. The van der Waals surface area contributed by atoms with E-state index in [4.69, 9.17) is 19.3 Å². The average Bonchev–Trinajstić information content (AvgIpc) is 3.01. The number of azide groups is 1. The third-order valence-corrected chi connectivity index (χ3v) is 8.31. The monoisotopic (exact) mass is 534 g/mol. The molecule has 1 saturated carbocycles. The fourth-order valence-electron chi connectivity index (χ4n) is 4.71. The largest absolute Gasteiger partial charge is 0.459 e. The molecule has 200 valence electrons. The molecule has 0 spiro atoms. The van der Waals surface area contributed by atoms with E-state index in [-0.39, 0.29) is 6.04 Å². The van der Waals surface area contributed by atoms with Gasteiger partial charge < -0.3 is 14.4 Å². The second kappa shape index (κ2) is 11.6. The maximum atomic E-state index is 13.9. The summed E-state index contributed by atoms with van der Waals surface area (Å²) in [5.74, 6) is 0.344. The van der Waals surface area contributed by atoms with E-state index in [1.165, 1.54) is 13.1 Å². The molecule has 1 aliphatic carbocycles. The predicted octanol–water partition coefficient (Wildman–Crippen LogP) is 3.38. The molecule has 2 heterocycles. The molecule has 1 aliphatic heterocycles. The number of aliphatic hydroxyl groups is 1. The number of H-pyrrole nitrogens is 1. The lowest BCUT2D eigenvalue weighted by atomic mass is 9.93. The average molecular weight is 535 g/mol. The van der Waals surface area contributed by atoms with Gasteiger partial charge in [-0.1, -0.05) is 49.0 Å². The van der Waals surface area contributed by atoms with Gasteiger partial charge in [-0.2, -0.15) is 0 Å². The van der Waals surface area contributed by atoms with Crippen LogP contribution in [0.15, 0.2) is 57.3 Å². The summed E-state index contributed by atoms with van der Waals surface area (Å²) in [5.41, 5.74) is 6.08. The summed E-state index contributed by atoms with van der Waals surface area (Å²) in [5, 5.41) is 17.8. The molecule has 0 radical (unpaired) electrons. The Morgan fingerprint density at radius 1 is 1.24 bits per heavy atom. The molecule has 14 heteroatoms. The third-order valence-electron chi connectivity index (χ3n) is 6.69. The number of hydrogen-bond donors (Lipinski definition) is 3. The van der Waals surface area contributed by atoms with Gasteiger partial charge in [-0.05, 0) is 37.4 Å². The minimum Gasteiger partial charge on any atom is -0.413 e. The fraction of sp³-hybridized carbons (Fsp3) is 0.565. The molecule has 1 saturated heterocycles. The van der Waals surface area contributed by atoms with Crippen molar-refractivity contribution in [3.63, 3.8) is 0 Å². The Kier molecular flexibility index (Phi) is 8.53. The van der Waals surface area contributed by atoms with Crippen LogP contribution in [0.1, 0.15) is 51.7 Å². The zero-order chi connectivity index (χ0) is 26.5. The molecule has 37 heavy (non-hydrogen) atoms. The molecule has 1 aromatic heterocycles. The Labute approximate surface area is 213 Å². The Balaban J connectivity index is 1.57. The van der Waals surface area contributed by atoms with Gasteiger partial charge in [-0.15, -0.1) is 0 Å². The SMILES string of the molecule is C[C@@]1(N=[N+]=[N-])[C@H](O)[C@@H](COP(=O)(NC2CCCCCC2)Oc2ccccc2)O[C@H]1n1ccc(=O)[nH]c1=O. The minimum absolute atomic E-state index is 0.0765. The van der Waals surface area contributed by atoms with E-state index in [9.17, 15) is 19.3 Å². The molecule has 0 amide bonds. The number of hydrogen-bond acceptors (Lipinski definition) is 8. The van der Waals surface area contributed by atoms with Crippen LogP contribution in [0.2, 0.25) is 0 Å². The van der Waals surface area contributed by atoms with E-state index in [1.807, 2.05) is 0 Å². The summed E-state index contributed by atoms with van der Waals surface area (Å²) in [7, 11) is -3.93. The predicted molar refractivity (Wildman–Crippen MR) is 134 cm³/mol. The van der Waals surface area contributed by atoms with Crippen molar-refractivity contribution < 1.29 is 23.5 Å². The van der Waals surface area contributed by atoms with Crippen LogP contribution in [-0.4, -0.2) is 45.1 Å². The summed E-state index contributed by atoms with van der Waals surface area (Å²) < 4.78 is 32.4. The van der Waals surface area contributed by atoms with Gasteiger partial charge in [-0.3, -0.25) is 18.9 Å². The molecule has 1 aromatic carbocycles. The number of nitrogens with one attached hydrogen (secondary N) is 2. The second-order valence-corrected chi connectivity index (χ2v) is 11.1. The number of para-hydroxylation sites is 1. The van der Waals surface area contributed by atoms with Crippen LogP contribution in [0, 0.1) is 0 Å². The van der Waals surface area contributed by atoms with Crippen molar-refractivity contribution in [1.82, 2.24) is 14.6 Å². The molecule has 5 atom stereocenters. The minimum atomic E-state index is -3.93. The van der Waals surface area contributed by atoms with Crippen LogP contribution in [0.4, 0.5) is 0 Å². The smallest absolute Gasteiger partial charge is 0.413 e. The van der Waals surface area contributed by atoms with Crippen LogP contribution < -0.4 is 20.9 Å². The van der Waals surface area contributed by atoms with E-state index >= 15 is 0 Å². The normalized spacial score (nSPS) is 28.1. The summed E-state index contributed by atoms with van der Waals surface area (Å²) >= 11 is 0. The maximum Gasteiger partial charge on any atom is 0.459 e. The first-order chi connectivity index (χ1) is 17.7. The summed E-state index contributed by atoms with van der Waals surface area (Å²) in [4.78, 5) is 28.8. The van der Waals surface area contributed by atoms with Crippen molar-refractivity contribution in [3.05, 3.63) is 73.9 Å². The number of ether oxygens (including phenoxy) is 1. The van der Waals surface area contributed by atoms with Crippen molar-refractivity contribution >= 4 is 7.75 Å². The lowest BCUT2D eigenvalue weighted by Gasteiger charge is -2.28. The molecule has 4 rings (SSSR count). The highest BCUT2D eigenvalue weighted by atomic mass is 31.2. The van der Waals surface area contributed by atoms with Gasteiger partial charge >= 0.3 is 13.4 Å². The van der Waals surface area contributed by atoms with E-state index < -0.39 is 49.6 Å². The van der Waals surface area contributed by atoms with E-state index in [1.54, 1.807) is 30.3 Å². The highest BCUT2D eigenvalue weighted by Crippen LogP contribution is 2.48. The zero-order valence-electron chi connectivity index (χ0n) is 20.4. The Hall–Kier alpha value is -2.92. The number of aliphatic hydroxyl groups excluding tert-OH is 1. The van der Waals surface area contributed by atoms with Crippen molar-refractivity contribution in [2.75, 3.05) is 6.61 Å². The molecule has 2 aliphatic rings. The number of aromatic amines is 1. The van der Waals surface area contributed by atoms with Crippen LogP contribution in [0.3, 0.4) is 0 Å². The standard InChI is InChI=1S/C23H31N6O7P/c1-23(27-28-24)20(31)18(35-21(23)29-14-13-19(30)25-22(29)32)15-34-37(33,36-17-11-7-4-8-12-17)26-16-9-5-2-3-6-10-16/h4,7-8,11-14,16,18,20-21,31H,2-3,5-6,9-10,15H2,1H3,(H,26,33)(H,25,30,32)/t18-,20-,21-,23-,37?/m1/s1. The molecular formula is C23H31N6O7P. The van der Waals surface area contributed by atoms with Gasteiger partial charge in [0.1, 0.15) is 17.4 Å². The first kappa shape index (κ1) is 27.1.